The molecule has 0 unspecified atom stereocenters. The van der Waals surface area contributed by atoms with Crippen LogP contribution in [0.4, 0.5) is 10.1 Å². The summed E-state index contributed by atoms with van der Waals surface area (Å²) in [5, 5.41) is 0. The van der Waals surface area contributed by atoms with E-state index in [0.717, 1.165) is 36.3 Å². The minimum Gasteiger partial charge on any atom is -0.377 e. The largest absolute Gasteiger partial charge is 0.377 e. The lowest BCUT2D eigenvalue weighted by atomic mass is 9.99. The molecule has 2 aromatic carbocycles. The third-order valence-corrected chi connectivity index (χ3v) is 5.16. The van der Waals surface area contributed by atoms with Crippen LogP contribution in [0.1, 0.15) is 41.5 Å². The van der Waals surface area contributed by atoms with Crippen LogP contribution in [0.15, 0.2) is 42.5 Å². The van der Waals surface area contributed by atoms with Gasteiger partial charge in [-0.15, -0.1) is 0 Å². The second kappa shape index (κ2) is 7.02. The van der Waals surface area contributed by atoms with Gasteiger partial charge in [0.15, 0.2) is 0 Å². The van der Waals surface area contributed by atoms with E-state index in [-0.39, 0.29) is 17.8 Å². The number of H-pyrrole nitrogens is 1. The number of nitrogens with zero attached hydrogens (tertiary/aromatic N) is 3. The fourth-order valence-corrected chi connectivity index (χ4v) is 3.82. The molecule has 1 aliphatic heterocycles. The molecule has 4 rings (SSSR count). The van der Waals surface area contributed by atoms with E-state index in [0.29, 0.717) is 17.6 Å². The zero-order valence-corrected chi connectivity index (χ0v) is 15.6. The van der Waals surface area contributed by atoms with E-state index in [1.54, 1.807) is 6.07 Å². The first-order chi connectivity index (χ1) is 13.0. The number of amides is 1. The number of hydrogen-bond donors (Lipinski definition) is 1. The van der Waals surface area contributed by atoms with Crippen LogP contribution >= 0.6 is 0 Å². The SMILES string of the molecule is CN(C)c1ccccc1C(=O)N1CCCC[C@@H]1c1nc2ccc(F)cc2[nH]1. The molecular weight excluding hydrogens is 343 g/mol. The van der Waals surface area contributed by atoms with Gasteiger partial charge in [0.25, 0.3) is 5.91 Å². The van der Waals surface area contributed by atoms with Crippen molar-refractivity contribution in [2.75, 3.05) is 25.5 Å². The van der Waals surface area contributed by atoms with E-state index in [9.17, 15) is 9.18 Å². The van der Waals surface area contributed by atoms with Crippen LogP contribution < -0.4 is 4.90 Å². The van der Waals surface area contributed by atoms with Crippen LogP contribution in [0, 0.1) is 5.82 Å². The number of fused-ring (bicyclic) bond motifs is 1. The number of benzene rings is 2. The maximum absolute atomic E-state index is 13.5. The van der Waals surface area contributed by atoms with E-state index >= 15 is 0 Å². The van der Waals surface area contributed by atoms with Gasteiger partial charge in [-0.25, -0.2) is 9.37 Å². The molecule has 1 amide bonds. The van der Waals surface area contributed by atoms with E-state index in [1.165, 1.54) is 12.1 Å². The van der Waals surface area contributed by atoms with Crippen molar-refractivity contribution in [2.24, 2.45) is 0 Å². The van der Waals surface area contributed by atoms with Crippen molar-refractivity contribution in [3.05, 3.63) is 59.7 Å². The zero-order valence-electron chi connectivity index (χ0n) is 15.6. The summed E-state index contributed by atoms with van der Waals surface area (Å²) >= 11 is 0. The molecular formula is C21H23FN4O. The van der Waals surface area contributed by atoms with E-state index in [1.807, 2.05) is 48.2 Å². The first-order valence-corrected chi connectivity index (χ1v) is 9.27. The van der Waals surface area contributed by atoms with E-state index < -0.39 is 0 Å². The van der Waals surface area contributed by atoms with Gasteiger partial charge in [0.1, 0.15) is 11.6 Å². The van der Waals surface area contributed by atoms with Crippen molar-refractivity contribution in [3.63, 3.8) is 0 Å². The lowest BCUT2D eigenvalue weighted by Crippen LogP contribution is -2.39. The number of carbonyl (C=O) groups excluding carboxylic acids is 1. The molecule has 1 saturated heterocycles. The summed E-state index contributed by atoms with van der Waals surface area (Å²) in [6, 6.07) is 12.1. The van der Waals surface area contributed by atoms with Gasteiger partial charge in [0.2, 0.25) is 0 Å². The quantitative estimate of drug-likeness (QED) is 0.758. The molecule has 1 aliphatic rings. The molecule has 1 atom stereocenters. The molecule has 1 fully saturated rings. The summed E-state index contributed by atoms with van der Waals surface area (Å²) in [4.78, 5) is 25.1. The molecule has 0 spiro atoms. The maximum Gasteiger partial charge on any atom is 0.256 e. The predicted octanol–water partition coefficient (Wildman–Crippen LogP) is 4.14. The summed E-state index contributed by atoms with van der Waals surface area (Å²) in [5.41, 5.74) is 2.98. The number of aromatic nitrogens is 2. The third kappa shape index (κ3) is 3.27. The fraction of sp³-hybridized carbons (Fsp3) is 0.333. The Morgan fingerprint density at radius 2 is 2.04 bits per heavy atom. The molecule has 1 N–H and O–H groups in total. The van der Waals surface area contributed by atoms with Gasteiger partial charge in [-0.3, -0.25) is 4.79 Å². The Labute approximate surface area is 157 Å². The van der Waals surface area contributed by atoms with Gasteiger partial charge in [-0.1, -0.05) is 12.1 Å². The molecule has 140 valence electrons. The standard InChI is InChI=1S/C21H23FN4O/c1-25(2)18-8-4-3-7-15(18)21(27)26-12-6-5-9-19(26)20-23-16-11-10-14(22)13-17(16)24-20/h3-4,7-8,10-11,13,19H,5-6,9,12H2,1-2H3,(H,23,24)/t19-/m1/s1. The van der Waals surface area contributed by atoms with Crippen LogP contribution in [0.5, 0.6) is 0 Å². The van der Waals surface area contributed by atoms with Crippen LogP contribution in [-0.2, 0) is 0 Å². The van der Waals surface area contributed by atoms with Crippen molar-refractivity contribution in [1.29, 1.82) is 0 Å². The van der Waals surface area contributed by atoms with E-state index in [2.05, 4.69) is 9.97 Å². The Balaban J connectivity index is 1.71. The summed E-state index contributed by atoms with van der Waals surface area (Å²) in [6.45, 7) is 0.691. The highest BCUT2D eigenvalue weighted by atomic mass is 19.1. The van der Waals surface area contributed by atoms with Crippen LogP contribution in [-0.4, -0.2) is 41.4 Å². The van der Waals surface area contributed by atoms with Gasteiger partial charge < -0.3 is 14.8 Å². The normalized spacial score (nSPS) is 17.3. The molecule has 3 aromatic rings. The second-order valence-corrected chi connectivity index (χ2v) is 7.21. The predicted molar refractivity (Wildman–Crippen MR) is 104 cm³/mol. The van der Waals surface area contributed by atoms with Crippen molar-refractivity contribution in [2.45, 2.75) is 25.3 Å². The number of aromatic amines is 1. The summed E-state index contributed by atoms with van der Waals surface area (Å²) in [6.07, 6.45) is 2.86. The number of para-hydroxylation sites is 1. The molecule has 0 saturated carbocycles. The molecule has 1 aromatic heterocycles. The summed E-state index contributed by atoms with van der Waals surface area (Å²) in [5.74, 6) is 0.441. The molecule has 0 aliphatic carbocycles. The maximum atomic E-state index is 13.5. The highest BCUT2D eigenvalue weighted by Crippen LogP contribution is 2.33. The van der Waals surface area contributed by atoms with Crippen LogP contribution in [0.3, 0.4) is 0 Å². The minimum atomic E-state index is -0.297. The molecule has 0 radical (unpaired) electrons. The van der Waals surface area contributed by atoms with Gasteiger partial charge >= 0.3 is 0 Å². The monoisotopic (exact) mass is 366 g/mol. The Bertz CT molecular complexity index is 981. The Kier molecular flexibility index (Phi) is 4.56. The highest BCUT2D eigenvalue weighted by molar-refractivity contribution is 6.00. The molecule has 0 bridgehead atoms. The van der Waals surface area contributed by atoms with Gasteiger partial charge in [0, 0.05) is 26.3 Å². The smallest absolute Gasteiger partial charge is 0.256 e. The van der Waals surface area contributed by atoms with Crippen LogP contribution in [0.2, 0.25) is 0 Å². The van der Waals surface area contributed by atoms with Crippen molar-refractivity contribution in [3.8, 4) is 0 Å². The third-order valence-electron chi connectivity index (χ3n) is 5.16. The van der Waals surface area contributed by atoms with Crippen molar-refractivity contribution in [1.82, 2.24) is 14.9 Å². The van der Waals surface area contributed by atoms with Gasteiger partial charge in [0.05, 0.1) is 22.6 Å². The summed E-state index contributed by atoms with van der Waals surface area (Å²) < 4.78 is 13.5. The van der Waals surface area contributed by atoms with E-state index in [4.69, 9.17) is 0 Å². The average Bonchev–Trinajstić information content (AvgIpc) is 3.10. The first-order valence-electron chi connectivity index (χ1n) is 9.27. The molecule has 2 heterocycles. The Morgan fingerprint density at radius 3 is 2.85 bits per heavy atom. The molecule has 5 nitrogen and oxygen atoms in total. The fourth-order valence-electron chi connectivity index (χ4n) is 3.82. The highest BCUT2D eigenvalue weighted by Gasteiger charge is 2.32. The topological polar surface area (TPSA) is 52.2 Å². The number of hydrogen-bond acceptors (Lipinski definition) is 3. The minimum absolute atomic E-state index is 0.00985. The second-order valence-electron chi connectivity index (χ2n) is 7.21. The Morgan fingerprint density at radius 1 is 1.22 bits per heavy atom. The van der Waals surface area contributed by atoms with Crippen molar-refractivity contribution < 1.29 is 9.18 Å². The number of nitrogens with one attached hydrogen (secondary N) is 1. The first kappa shape index (κ1) is 17.5. The number of rotatable bonds is 3. The number of halogens is 1. The molecule has 6 heteroatoms. The summed E-state index contributed by atoms with van der Waals surface area (Å²) in [7, 11) is 3.88. The number of imidazole rings is 1. The van der Waals surface area contributed by atoms with Crippen molar-refractivity contribution >= 4 is 22.6 Å². The van der Waals surface area contributed by atoms with Gasteiger partial charge in [-0.05, 0) is 49.6 Å². The number of anilines is 1. The lowest BCUT2D eigenvalue weighted by molar-refractivity contribution is 0.0602. The Hall–Kier alpha value is -2.89. The lowest BCUT2D eigenvalue weighted by Gasteiger charge is -2.35. The number of likely N-dealkylation sites (tertiary alicyclic amines) is 1. The van der Waals surface area contributed by atoms with Gasteiger partial charge in [-0.2, -0.15) is 0 Å². The average molecular weight is 366 g/mol. The van der Waals surface area contributed by atoms with Crippen LogP contribution in [0.25, 0.3) is 11.0 Å². The number of carbonyl (C=O) groups is 1. The molecule has 27 heavy (non-hydrogen) atoms. The zero-order chi connectivity index (χ0) is 19.0. The number of piperidine rings is 1.